The van der Waals surface area contributed by atoms with Crippen molar-refractivity contribution in [3.8, 4) is 0 Å². The normalized spacial score (nSPS) is 15.8. The minimum atomic E-state index is 0.167. The summed E-state index contributed by atoms with van der Waals surface area (Å²) in [5.74, 6) is 1.74. The molecular formula is C23H32N8O. The van der Waals surface area contributed by atoms with Gasteiger partial charge in [0.1, 0.15) is 17.5 Å². The van der Waals surface area contributed by atoms with Crippen LogP contribution in [0.15, 0.2) is 54.3 Å². The zero-order chi connectivity index (χ0) is 23.3. The van der Waals surface area contributed by atoms with Gasteiger partial charge in [-0.2, -0.15) is 0 Å². The number of anilines is 1. The SMILES string of the molecule is CN/C=C(\C(=N)N1CC(OC)C1)c1cnc2ccc(N/C(N)=C/C(=C\N)C(C)C)nc2c1. The van der Waals surface area contributed by atoms with Crippen molar-refractivity contribution in [3.05, 3.63) is 59.8 Å². The number of hydrogen-bond donors (Lipinski definition) is 5. The molecule has 32 heavy (non-hydrogen) atoms. The van der Waals surface area contributed by atoms with Gasteiger partial charge in [0, 0.05) is 50.8 Å². The first-order valence-corrected chi connectivity index (χ1v) is 10.5. The van der Waals surface area contributed by atoms with E-state index in [-0.39, 0.29) is 12.0 Å². The molecule has 0 amide bonds. The fraction of sp³-hybridized carbons (Fsp3) is 0.348. The Morgan fingerprint density at radius 2 is 2.06 bits per heavy atom. The molecule has 9 nitrogen and oxygen atoms in total. The van der Waals surface area contributed by atoms with Crippen molar-refractivity contribution in [2.75, 3.05) is 32.6 Å². The van der Waals surface area contributed by atoms with Crippen LogP contribution in [0.3, 0.4) is 0 Å². The summed E-state index contributed by atoms with van der Waals surface area (Å²) in [4.78, 5) is 11.2. The van der Waals surface area contributed by atoms with Crippen molar-refractivity contribution in [1.29, 1.82) is 5.41 Å². The summed E-state index contributed by atoms with van der Waals surface area (Å²) in [6.45, 7) is 5.50. The molecule has 0 radical (unpaired) electrons. The smallest absolute Gasteiger partial charge is 0.132 e. The summed E-state index contributed by atoms with van der Waals surface area (Å²) >= 11 is 0. The Bertz CT molecular complexity index is 1070. The molecule has 2 aromatic heterocycles. The van der Waals surface area contributed by atoms with Crippen molar-refractivity contribution in [2.45, 2.75) is 20.0 Å². The first-order chi connectivity index (χ1) is 15.4. The van der Waals surface area contributed by atoms with Crippen molar-refractivity contribution in [3.63, 3.8) is 0 Å². The molecule has 1 saturated heterocycles. The van der Waals surface area contributed by atoms with Gasteiger partial charge in [-0.15, -0.1) is 0 Å². The minimum absolute atomic E-state index is 0.167. The fourth-order valence-corrected chi connectivity index (χ4v) is 3.37. The van der Waals surface area contributed by atoms with E-state index in [9.17, 15) is 0 Å². The molecule has 0 aliphatic carbocycles. The van der Waals surface area contributed by atoms with E-state index in [2.05, 4.69) is 20.6 Å². The summed E-state index contributed by atoms with van der Waals surface area (Å²) in [5, 5.41) is 14.8. The van der Waals surface area contributed by atoms with Crippen LogP contribution in [-0.4, -0.2) is 54.1 Å². The van der Waals surface area contributed by atoms with Crippen LogP contribution in [0.25, 0.3) is 16.6 Å². The molecule has 1 fully saturated rings. The second-order valence-electron chi connectivity index (χ2n) is 7.96. The summed E-state index contributed by atoms with van der Waals surface area (Å²) in [6.07, 6.45) is 7.10. The van der Waals surface area contributed by atoms with E-state index in [0.717, 1.165) is 22.2 Å². The number of hydrogen-bond acceptors (Lipinski definition) is 8. The summed E-state index contributed by atoms with van der Waals surface area (Å²) < 4.78 is 5.33. The third kappa shape index (κ3) is 5.17. The number of methoxy groups -OCH3 is 1. The van der Waals surface area contributed by atoms with Crippen molar-refractivity contribution >= 4 is 28.3 Å². The first-order valence-electron chi connectivity index (χ1n) is 10.5. The topological polar surface area (TPSA) is 138 Å². The number of rotatable bonds is 8. The summed E-state index contributed by atoms with van der Waals surface area (Å²) in [5.41, 5.74) is 15.8. The monoisotopic (exact) mass is 436 g/mol. The van der Waals surface area contributed by atoms with E-state index >= 15 is 0 Å². The lowest BCUT2D eigenvalue weighted by molar-refractivity contribution is 0.00620. The second kappa shape index (κ2) is 10.1. The van der Waals surface area contributed by atoms with E-state index < -0.39 is 0 Å². The van der Waals surface area contributed by atoms with Crippen LogP contribution in [0.5, 0.6) is 0 Å². The third-order valence-electron chi connectivity index (χ3n) is 5.34. The van der Waals surface area contributed by atoms with Gasteiger partial charge in [0.25, 0.3) is 0 Å². The molecule has 9 heteroatoms. The molecule has 1 aliphatic rings. The van der Waals surface area contributed by atoms with Crippen molar-refractivity contribution in [2.24, 2.45) is 17.4 Å². The number of nitrogens with zero attached hydrogens (tertiary/aromatic N) is 3. The Balaban J connectivity index is 1.86. The van der Waals surface area contributed by atoms with Gasteiger partial charge in [-0.25, -0.2) is 4.98 Å². The molecular weight excluding hydrogens is 404 g/mol. The average Bonchev–Trinajstić information content (AvgIpc) is 2.74. The Morgan fingerprint density at radius 3 is 2.69 bits per heavy atom. The zero-order valence-corrected chi connectivity index (χ0v) is 19.0. The quantitative estimate of drug-likeness (QED) is 0.241. The molecule has 0 aromatic carbocycles. The Hall–Kier alpha value is -3.59. The van der Waals surface area contributed by atoms with Crippen LogP contribution < -0.4 is 22.1 Å². The molecule has 3 heterocycles. The molecule has 7 N–H and O–H groups in total. The highest BCUT2D eigenvalue weighted by Crippen LogP contribution is 2.24. The number of amidine groups is 1. The Morgan fingerprint density at radius 1 is 1.31 bits per heavy atom. The van der Waals surface area contributed by atoms with Crippen LogP contribution in [0.2, 0.25) is 0 Å². The second-order valence-corrected chi connectivity index (χ2v) is 7.96. The number of aromatic nitrogens is 2. The molecule has 3 rings (SSSR count). The largest absolute Gasteiger partial charge is 0.404 e. The molecule has 0 unspecified atom stereocenters. The zero-order valence-electron chi connectivity index (χ0n) is 19.0. The minimum Gasteiger partial charge on any atom is -0.404 e. The van der Waals surface area contributed by atoms with Gasteiger partial charge < -0.3 is 31.7 Å². The van der Waals surface area contributed by atoms with Gasteiger partial charge in [0.2, 0.25) is 0 Å². The predicted molar refractivity (Wildman–Crippen MR) is 130 cm³/mol. The van der Waals surface area contributed by atoms with E-state index in [4.69, 9.17) is 21.6 Å². The first kappa shape index (κ1) is 23.1. The average molecular weight is 437 g/mol. The third-order valence-corrected chi connectivity index (χ3v) is 5.34. The fourth-order valence-electron chi connectivity index (χ4n) is 3.37. The summed E-state index contributed by atoms with van der Waals surface area (Å²) in [7, 11) is 3.50. The van der Waals surface area contributed by atoms with E-state index in [0.29, 0.717) is 36.1 Å². The lowest BCUT2D eigenvalue weighted by Crippen LogP contribution is -2.54. The molecule has 0 bridgehead atoms. The number of pyridine rings is 2. The number of likely N-dealkylation sites (tertiary alicyclic amines) is 1. The van der Waals surface area contributed by atoms with Crippen LogP contribution in [0.1, 0.15) is 19.4 Å². The molecule has 2 aromatic rings. The molecule has 0 spiro atoms. The van der Waals surface area contributed by atoms with Gasteiger partial charge in [-0.1, -0.05) is 13.8 Å². The highest BCUT2D eigenvalue weighted by atomic mass is 16.5. The van der Waals surface area contributed by atoms with Gasteiger partial charge in [0.05, 0.1) is 17.1 Å². The van der Waals surface area contributed by atoms with Gasteiger partial charge in [-0.3, -0.25) is 10.4 Å². The number of ether oxygens (including phenoxy) is 1. The Labute approximate surface area is 188 Å². The number of fused-ring (bicyclic) bond motifs is 1. The van der Waals surface area contributed by atoms with Crippen LogP contribution in [0.4, 0.5) is 5.82 Å². The van der Waals surface area contributed by atoms with Gasteiger partial charge >= 0.3 is 0 Å². The maximum Gasteiger partial charge on any atom is 0.132 e. The maximum absolute atomic E-state index is 8.63. The van der Waals surface area contributed by atoms with Crippen LogP contribution in [-0.2, 0) is 4.74 Å². The lowest BCUT2D eigenvalue weighted by Gasteiger charge is -2.40. The van der Waals surface area contributed by atoms with E-state index in [1.807, 2.05) is 44.0 Å². The van der Waals surface area contributed by atoms with Crippen LogP contribution >= 0.6 is 0 Å². The molecule has 0 atom stereocenters. The Kier molecular flexibility index (Phi) is 7.32. The molecule has 170 valence electrons. The molecule has 1 aliphatic heterocycles. The van der Waals surface area contributed by atoms with Crippen molar-refractivity contribution < 1.29 is 4.74 Å². The lowest BCUT2D eigenvalue weighted by atomic mass is 10.0. The van der Waals surface area contributed by atoms with E-state index in [1.54, 1.807) is 31.8 Å². The van der Waals surface area contributed by atoms with Gasteiger partial charge in [-0.05, 0) is 42.0 Å². The predicted octanol–water partition coefficient (Wildman–Crippen LogP) is 2.21. The van der Waals surface area contributed by atoms with E-state index in [1.165, 1.54) is 0 Å². The summed E-state index contributed by atoms with van der Waals surface area (Å²) in [6, 6.07) is 5.64. The maximum atomic E-state index is 8.63. The standard InChI is InChI=1S/C23H32N8O/c1-14(2)15(9-24)8-21(25)30-22-6-5-19-20(29-22)7-16(10-28-19)18(11-27-3)23(26)31-12-17(13-31)32-4/h5-11,14,17,26-27H,12-13,24-25H2,1-4H3,(H,29,30)/b15-9+,18-11-,21-8+,26-23?. The number of nitrogens with one attached hydrogen (secondary N) is 3. The number of nitrogens with two attached hydrogens (primary N) is 2. The van der Waals surface area contributed by atoms with Gasteiger partial charge in [0.15, 0.2) is 0 Å². The highest BCUT2D eigenvalue weighted by Gasteiger charge is 2.30. The molecule has 0 saturated carbocycles. The highest BCUT2D eigenvalue weighted by molar-refractivity contribution is 6.21. The van der Waals surface area contributed by atoms with Crippen LogP contribution in [0, 0.1) is 11.3 Å². The van der Waals surface area contributed by atoms with Crippen molar-refractivity contribution in [1.82, 2.24) is 20.2 Å². The number of allylic oxidation sites excluding steroid dienone is 2.